The second-order valence-corrected chi connectivity index (χ2v) is 4.43. The minimum Gasteiger partial charge on any atom is -0.358 e. The predicted molar refractivity (Wildman–Crippen MR) is 73.5 cm³/mol. The molecular weight excluding hydrogens is 238 g/mol. The summed E-state index contributed by atoms with van der Waals surface area (Å²) in [4.78, 5) is 15.6. The van der Waals surface area contributed by atoms with Gasteiger partial charge < -0.3 is 10.3 Å². The average Bonchev–Trinajstić information content (AvgIpc) is 3.06. The van der Waals surface area contributed by atoms with Crippen molar-refractivity contribution in [3.63, 3.8) is 0 Å². The Labute approximate surface area is 109 Å². The average molecular weight is 249 g/mol. The SMILES string of the molecule is C1=CC(Nc2ncnc3nc[nH]c23)c2ccccc21. The molecule has 0 fully saturated rings. The van der Waals surface area contributed by atoms with Gasteiger partial charge in [-0.25, -0.2) is 15.0 Å². The lowest BCUT2D eigenvalue weighted by atomic mass is 10.1. The van der Waals surface area contributed by atoms with Gasteiger partial charge in [-0.1, -0.05) is 36.4 Å². The van der Waals surface area contributed by atoms with Crippen LogP contribution in [0.15, 0.2) is 43.0 Å². The molecular formula is C14H11N5. The second-order valence-electron chi connectivity index (χ2n) is 4.43. The largest absolute Gasteiger partial charge is 0.358 e. The fourth-order valence-corrected chi connectivity index (χ4v) is 2.40. The molecule has 0 saturated carbocycles. The van der Waals surface area contributed by atoms with Gasteiger partial charge in [0.25, 0.3) is 0 Å². The number of nitrogens with zero attached hydrogens (tertiary/aromatic N) is 3. The van der Waals surface area contributed by atoms with Crippen LogP contribution in [0.2, 0.25) is 0 Å². The highest BCUT2D eigenvalue weighted by Crippen LogP contribution is 2.31. The highest BCUT2D eigenvalue weighted by atomic mass is 15.1. The van der Waals surface area contributed by atoms with Crippen LogP contribution >= 0.6 is 0 Å². The van der Waals surface area contributed by atoms with E-state index >= 15 is 0 Å². The summed E-state index contributed by atoms with van der Waals surface area (Å²) in [5, 5.41) is 3.42. The summed E-state index contributed by atoms with van der Waals surface area (Å²) < 4.78 is 0. The topological polar surface area (TPSA) is 66.5 Å². The summed E-state index contributed by atoms with van der Waals surface area (Å²) >= 11 is 0. The molecule has 2 heterocycles. The summed E-state index contributed by atoms with van der Waals surface area (Å²) in [6.45, 7) is 0. The predicted octanol–water partition coefficient (Wildman–Crippen LogP) is 2.53. The zero-order valence-electron chi connectivity index (χ0n) is 10.0. The van der Waals surface area contributed by atoms with E-state index in [9.17, 15) is 0 Å². The van der Waals surface area contributed by atoms with Gasteiger partial charge in [-0.3, -0.25) is 0 Å². The van der Waals surface area contributed by atoms with Crippen LogP contribution in [-0.2, 0) is 0 Å². The number of aromatic nitrogens is 4. The Kier molecular flexibility index (Phi) is 2.11. The first-order valence-corrected chi connectivity index (χ1v) is 6.09. The lowest BCUT2D eigenvalue weighted by Crippen LogP contribution is -2.08. The first-order valence-electron chi connectivity index (χ1n) is 6.09. The fourth-order valence-electron chi connectivity index (χ4n) is 2.40. The summed E-state index contributed by atoms with van der Waals surface area (Å²) in [6, 6.07) is 8.46. The maximum absolute atomic E-state index is 4.29. The van der Waals surface area contributed by atoms with Gasteiger partial charge in [0.2, 0.25) is 0 Å². The molecule has 92 valence electrons. The molecule has 3 aromatic rings. The quantitative estimate of drug-likeness (QED) is 0.732. The monoisotopic (exact) mass is 249 g/mol. The van der Waals surface area contributed by atoms with Gasteiger partial charge in [-0.05, 0) is 11.1 Å². The highest BCUT2D eigenvalue weighted by Gasteiger charge is 2.18. The van der Waals surface area contributed by atoms with Crippen LogP contribution in [0.1, 0.15) is 17.2 Å². The molecule has 1 aliphatic rings. The molecule has 19 heavy (non-hydrogen) atoms. The van der Waals surface area contributed by atoms with E-state index in [0.29, 0.717) is 5.65 Å². The van der Waals surface area contributed by atoms with Gasteiger partial charge in [0, 0.05) is 0 Å². The molecule has 0 amide bonds. The van der Waals surface area contributed by atoms with E-state index in [1.165, 1.54) is 17.5 Å². The number of aromatic amines is 1. The third-order valence-electron chi connectivity index (χ3n) is 3.31. The first-order chi connectivity index (χ1) is 9.42. The zero-order chi connectivity index (χ0) is 12.7. The van der Waals surface area contributed by atoms with E-state index in [1.807, 2.05) is 12.1 Å². The Balaban J connectivity index is 1.73. The number of imidazole rings is 1. The minimum absolute atomic E-state index is 0.137. The van der Waals surface area contributed by atoms with Crippen molar-refractivity contribution in [1.82, 2.24) is 19.9 Å². The minimum atomic E-state index is 0.137. The van der Waals surface area contributed by atoms with E-state index < -0.39 is 0 Å². The molecule has 5 nitrogen and oxygen atoms in total. The molecule has 4 rings (SSSR count). The number of hydrogen-bond donors (Lipinski definition) is 2. The van der Waals surface area contributed by atoms with Crippen molar-refractivity contribution < 1.29 is 0 Å². The van der Waals surface area contributed by atoms with Gasteiger partial charge in [0.15, 0.2) is 11.5 Å². The molecule has 0 radical (unpaired) electrons. The fraction of sp³-hybridized carbons (Fsp3) is 0.0714. The molecule has 1 atom stereocenters. The molecule has 5 heteroatoms. The molecule has 2 aromatic heterocycles. The standard InChI is InChI=1S/C14H11N5/c1-2-4-10-9(3-1)5-6-11(10)19-14-12-13(16-7-15-12)17-8-18-14/h1-8,11H,(H2,15,16,17,18,19). The normalized spacial score (nSPS) is 16.7. The summed E-state index contributed by atoms with van der Waals surface area (Å²) in [7, 11) is 0. The Morgan fingerprint density at radius 2 is 2.05 bits per heavy atom. The van der Waals surface area contributed by atoms with Crippen molar-refractivity contribution in [3.8, 4) is 0 Å². The molecule has 0 saturated heterocycles. The number of anilines is 1. The van der Waals surface area contributed by atoms with Crippen molar-refractivity contribution >= 4 is 23.1 Å². The number of nitrogens with one attached hydrogen (secondary N) is 2. The zero-order valence-corrected chi connectivity index (χ0v) is 10.0. The Bertz CT molecular complexity index is 774. The Morgan fingerprint density at radius 3 is 3.05 bits per heavy atom. The van der Waals surface area contributed by atoms with E-state index in [2.05, 4.69) is 49.5 Å². The van der Waals surface area contributed by atoms with Crippen molar-refractivity contribution in [2.45, 2.75) is 6.04 Å². The molecule has 0 bridgehead atoms. The highest BCUT2D eigenvalue weighted by molar-refractivity contribution is 5.82. The van der Waals surface area contributed by atoms with Crippen molar-refractivity contribution in [3.05, 3.63) is 54.1 Å². The van der Waals surface area contributed by atoms with Crippen LogP contribution < -0.4 is 5.32 Å². The number of benzene rings is 1. The van der Waals surface area contributed by atoms with Crippen LogP contribution in [0.4, 0.5) is 5.82 Å². The van der Waals surface area contributed by atoms with Crippen LogP contribution in [0.3, 0.4) is 0 Å². The van der Waals surface area contributed by atoms with Crippen LogP contribution in [0.5, 0.6) is 0 Å². The summed E-state index contributed by atoms with van der Waals surface area (Å²) in [5.74, 6) is 0.772. The Hall–Kier alpha value is -2.69. The summed E-state index contributed by atoms with van der Waals surface area (Å²) in [5.41, 5.74) is 4.01. The molecule has 0 aliphatic heterocycles. The van der Waals surface area contributed by atoms with Gasteiger partial charge in [-0.2, -0.15) is 0 Å². The number of rotatable bonds is 2. The van der Waals surface area contributed by atoms with Gasteiger partial charge >= 0.3 is 0 Å². The first kappa shape index (κ1) is 10.3. The third kappa shape index (κ3) is 1.59. The third-order valence-corrected chi connectivity index (χ3v) is 3.31. The number of hydrogen-bond acceptors (Lipinski definition) is 4. The maximum atomic E-state index is 4.29. The molecule has 1 aliphatic carbocycles. The molecule has 0 spiro atoms. The maximum Gasteiger partial charge on any atom is 0.182 e. The Morgan fingerprint density at radius 1 is 1.11 bits per heavy atom. The molecule has 1 unspecified atom stereocenters. The van der Waals surface area contributed by atoms with E-state index in [0.717, 1.165) is 11.3 Å². The van der Waals surface area contributed by atoms with Gasteiger partial charge in [-0.15, -0.1) is 0 Å². The van der Waals surface area contributed by atoms with E-state index in [-0.39, 0.29) is 6.04 Å². The lowest BCUT2D eigenvalue weighted by molar-refractivity contribution is 0.986. The number of H-pyrrole nitrogens is 1. The van der Waals surface area contributed by atoms with Crippen LogP contribution in [0, 0.1) is 0 Å². The van der Waals surface area contributed by atoms with Crippen molar-refractivity contribution in [2.24, 2.45) is 0 Å². The van der Waals surface area contributed by atoms with Crippen molar-refractivity contribution in [1.29, 1.82) is 0 Å². The molecule has 1 aromatic carbocycles. The van der Waals surface area contributed by atoms with E-state index in [4.69, 9.17) is 0 Å². The van der Waals surface area contributed by atoms with Gasteiger partial charge in [0.05, 0.1) is 12.4 Å². The molecule has 2 N–H and O–H groups in total. The second kappa shape index (κ2) is 3.91. The number of fused-ring (bicyclic) bond motifs is 2. The van der Waals surface area contributed by atoms with E-state index in [1.54, 1.807) is 6.33 Å². The van der Waals surface area contributed by atoms with Crippen LogP contribution in [0.25, 0.3) is 17.2 Å². The van der Waals surface area contributed by atoms with Crippen LogP contribution in [-0.4, -0.2) is 19.9 Å². The smallest absolute Gasteiger partial charge is 0.182 e. The lowest BCUT2D eigenvalue weighted by Gasteiger charge is -2.14. The van der Waals surface area contributed by atoms with Gasteiger partial charge in [0.1, 0.15) is 11.8 Å². The summed E-state index contributed by atoms with van der Waals surface area (Å²) in [6.07, 6.45) is 7.41. The van der Waals surface area contributed by atoms with Crippen molar-refractivity contribution in [2.75, 3.05) is 5.32 Å².